The largest absolute Gasteiger partial charge is 0.311 e. The van der Waals surface area contributed by atoms with Gasteiger partial charge in [-0.05, 0) is 26.1 Å². The number of nitrogens with one attached hydrogen (secondary N) is 1. The molecule has 1 heterocycles. The van der Waals surface area contributed by atoms with E-state index in [9.17, 15) is 4.79 Å². The van der Waals surface area contributed by atoms with Crippen molar-refractivity contribution in [3.63, 3.8) is 0 Å². The number of carbonyl (C=O) groups excluding carboxylic acids is 1. The van der Waals surface area contributed by atoms with Crippen molar-refractivity contribution in [1.29, 1.82) is 0 Å². The molecule has 4 heteroatoms. The summed E-state index contributed by atoms with van der Waals surface area (Å²) >= 11 is 0. The molecule has 1 N–H and O–H groups in total. The van der Waals surface area contributed by atoms with Crippen LogP contribution in [0.5, 0.6) is 0 Å². The number of para-hydroxylation sites is 1. The predicted octanol–water partition coefficient (Wildman–Crippen LogP) is 0.943. The Bertz CT molecular complexity index is 393. The number of nitrogens with zero attached hydrogens (tertiary/aromatic N) is 2. The van der Waals surface area contributed by atoms with Crippen LogP contribution in [0.3, 0.4) is 0 Å². The first kappa shape index (κ1) is 13.1. The smallest absolute Gasteiger partial charge is 0.245 e. The molecule has 1 unspecified atom stereocenters. The molecule has 98 valence electrons. The minimum absolute atomic E-state index is 0.0936. The van der Waals surface area contributed by atoms with E-state index in [4.69, 9.17) is 0 Å². The van der Waals surface area contributed by atoms with Crippen molar-refractivity contribution in [2.45, 2.75) is 13.0 Å². The lowest BCUT2D eigenvalue weighted by molar-refractivity contribution is -0.121. The molecule has 1 amide bonds. The summed E-state index contributed by atoms with van der Waals surface area (Å²) in [7, 11) is 2.06. The fraction of sp³-hybridized carbons (Fsp3) is 0.500. The van der Waals surface area contributed by atoms with E-state index >= 15 is 0 Å². The number of piperazine rings is 1. The Kier molecular flexibility index (Phi) is 4.33. The van der Waals surface area contributed by atoms with Gasteiger partial charge < -0.3 is 15.1 Å². The van der Waals surface area contributed by atoms with Gasteiger partial charge in [-0.25, -0.2) is 0 Å². The minimum Gasteiger partial charge on any atom is -0.311 e. The molecule has 1 saturated heterocycles. The highest BCUT2D eigenvalue weighted by Crippen LogP contribution is 2.15. The van der Waals surface area contributed by atoms with Crippen LogP contribution >= 0.6 is 0 Å². The first-order valence-corrected chi connectivity index (χ1v) is 6.50. The zero-order chi connectivity index (χ0) is 13.0. The molecule has 1 atom stereocenters. The Hall–Kier alpha value is -1.39. The van der Waals surface area contributed by atoms with Crippen LogP contribution in [-0.2, 0) is 4.79 Å². The summed E-state index contributed by atoms with van der Waals surface area (Å²) in [5, 5.41) is 3.30. The Labute approximate surface area is 109 Å². The van der Waals surface area contributed by atoms with Crippen LogP contribution in [0, 0.1) is 0 Å². The Morgan fingerprint density at radius 3 is 2.78 bits per heavy atom. The maximum atomic E-state index is 12.5. The van der Waals surface area contributed by atoms with E-state index < -0.39 is 0 Å². The van der Waals surface area contributed by atoms with Gasteiger partial charge >= 0.3 is 0 Å². The zero-order valence-electron chi connectivity index (χ0n) is 11.1. The molecule has 1 aliphatic heterocycles. The first-order valence-electron chi connectivity index (χ1n) is 6.50. The van der Waals surface area contributed by atoms with Crippen LogP contribution < -0.4 is 10.2 Å². The van der Waals surface area contributed by atoms with Crippen molar-refractivity contribution in [2.75, 3.05) is 38.1 Å². The van der Waals surface area contributed by atoms with Crippen molar-refractivity contribution in [3.8, 4) is 0 Å². The average molecular weight is 247 g/mol. The lowest BCUT2D eigenvalue weighted by atomic mass is 10.1. The summed E-state index contributed by atoms with van der Waals surface area (Å²) in [4.78, 5) is 16.5. The molecule has 18 heavy (non-hydrogen) atoms. The van der Waals surface area contributed by atoms with E-state index in [-0.39, 0.29) is 11.9 Å². The van der Waals surface area contributed by atoms with Crippen LogP contribution in [0.25, 0.3) is 0 Å². The van der Waals surface area contributed by atoms with Gasteiger partial charge in [-0.2, -0.15) is 0 Å². The second-order valence-electron chi connectivity index (χ2n) is 4.69. The van der Waals surface area contributed by atoms with E-state index in [0.29, 0.717) is 6.54 Å². The quantitative estimate of drug-likeness (QED) is 0.863. The molecule has 0 saturated carbocycles. The van der Waals surface area contributed by atoms with E-state index in [1.165, 1.54) is 0 Å². The summed E-state index contributed by atoms with van der Waals surface area (Å²) in [6, 6.07) is 9.76. The number of carbonyl (C=O) groups is 1. The van der Waals surface area contributed by atoms with Gasteiger partial charge in [0, 0.05) is 31.9 Å². The van der Waals surface area contributed by atoms with E-state index in [1.54, 1.807) is 0 Å². The van der Waals surface area contributed by atoms with Gasteiger partial charge in [-0.3, -0.25) is 4.79 Å². The van der Waals surface area contributed by atoms with Gasteiger partial charge in [0.1, 0.15) is 6.04 Å². The van der Waals surface area contributed by atoms with Crippen LogP contribution in [0.4, 0.5) is 5.69 Å². The molecular weight excluding hydrogens is 226 g/mol. The summed E-state index contributed by atoms with van der Waals surface area (Å²) in [6.07, 6.45) is 0. The summed E-state index contributed by atoms with van der Waals surface area (Å²) in [6.45, 7) is 5.37. The third-order valence-corrected chi connectivity index (χ3v) is 3.33. The second-order valence-corrected chi connectivity index (χ2v) is 4.69. The number of anilines is 1. The van der Waals surface area contributed by atoms with Gasteiger partial charge in [0.15, 0.2) is 0 Å². The zero-order valence-corrected chi connectivity index (χ0v) is 11.1. The van der Waals surface area contributed by atoms with Crippen molar-refractivity contribution in [3.05, 3.63) is 30.3 Å². The van der Waals surface area contributed by atoms with E-state index in [0.717, 1.165) is 25.3 Å². The maximum Gasteiger partial charge on any atom is 0.245 e. The number of amides is 1. The molecule has 0 bridgehead atoms. The van der Waals surface area contributed by atoms with Gasteiger partial charge in [0.25, 0.3) is 0 Å². The molecular formula is C14H21N3O. The van der Waals surface area contributed by atoms with E-state index in [2.05, 4.69) is 17.3 Å². The Morgan fingerprint density at radius 2 is 2.17 bits per heavy atom. The number of hydrogen-bond donors (Lipinski definition) is 1. The SMILES string of the molecule is CCN(C(=O)C1CN(C)CCN1)c1ccccc1. The normalized spacial score (nSPS) is 20.7. The molecule has 1 fully saturated rings. The highest BCUT2D eigenvalue weighted by atomic mass is 16.2. The standard InChI is InChI=1S/C14H21N3O/c1-3-17(12-7-5-4-6-8-12)14(18)13-11-16(2)10-9-15-13/h4-8,13,15H,3,9-11H2,1-2H3. The molecule has 4 nitrogen and oxygen atoms in total. The Morgan fingerprint density at radius 1 is 1.44 bits per heavy atom. The highest BCUT2D eigenvalue weighted by molar-refractivity contribution is 5.97. The molecule has 1 aromatic rings. The van der Waals surface area contributed by atoms with Crippen LogP contribution in [0.2, 0.25) is 0 Å². The third-order valence-electron chi connectivity index (χ3n) is 3.33. The second kappa shape index (κ2) is 5.98. The fourth-order valence-corrected chi connectivity index (χ4v) is 2.32. The molecule has 1 aliphatic rings. The third kappa shape index (κ3) is 2.89. The lowest BCUT2D eigenvalue weighted by Gasteiger charge is -2.33. The molecule has 0 spiro atoms. The molecule has 0 radical (unpaired) electrons. The molecule has 2 rings (SSSR count). The number of rotatable bonds is 3. The maximum absolute atomic E-state index is 12.5. The van der Waals surface area contributed by atoms with Gasteiger partial charge in [-0.15, -0.1) is 0 Å². The van der Waals surface area contributed by atoms with Crippen LogP contribution in [-0.4, -0.2) is 50.1 Å². The van der Waals surface area contributed by atoms with Crippen molar-refractivity contribution >= 4 is 11.6 Å². The summed E-state index contributed by atoms with van der Waals surface area (Å²) in [5.41, 5.74) is 0.972. The number of likely N-dealkylation sites (N-methyl/N-ethyl adjacent to an activating group) is 2. The monoisotopic (exact) mass is 247 g/mol. The van der Waals surface area contributed by atoms with Crippen LogP contribution in [0.1, 0.15) is 6.92 Å². The van der Waals surface area contributed by atoms with Gasteiger partial charge in [-0.1, -0.05) is 18.2 Å². The van der Waals surface area contributed by atoms with Gasteiger partial charge in [0.2, 0.25) is 5.91 Å². The lowest BCUT2D eigenvalue weighted by Crippen LogP contribution is -2.57. The van der Waals surface area contributed by atoms with Gasteiger partial charge in [0.05, 0.1) is 0 Å². The topological polar surface area (TPSA) is 35.6 Å². The van der Waals surface area contributed by atoms with Crippen LogP contribution in [0.15, 0.2) is 30.3 Å². The van der Waals surface area contributed by atoms with Crippen molar-refractivity contribution < 1.29 is 4.79 Å². The predicted molar refractivity (Wildman–Crippen MR) is 73.8 cm³/mol. The molecule has 0 aliphatic carbocycles. The summed E-state index contributed by atoms with van der Waals surface area (Å²) < 4.78 is 0. The fourth-order valence-electron chi connectivity index (χ4n) is 2.32. The van der Waals surface area contributed by atoms with Crippen molar-refractivity contribution in [1.82, 2.24) is 10.2 Å². The van der Waals surface area contributed by atoms with E-state index in [1.807, 2.05) is 42.2 Å². The minimum atomic E-state index is -0.0936. The summed E-state index contributed by atoms with van der Waals surface area (Å²) in [5.74, 6) is 0.162. The molecule has 1 aromatic carbocycles. The Balaban J connectivity index is 2.10. The molecule has 0 aromatic heterocycles. The first-order chi connectivity index (χ1) is 8.72. The number of hydrogen-bond acceptors (Lipinski definition) is 3. The average Bonchev–Trinajstić information content (AvgIpc) is 2.41. The van der Waals surface area contributed by atoms with Crippen molar-refractivity contribution in [2.24, 2.45) is 0 Å². The number of benzene rings is 1. The highest BCUT2D eigenvalue weighted by Gasteiger charge is 2.27.